The molecule has 2 atom stereocenters. The van der Waals surface area contributed by atoms with Crippen molar-refractivity contribution in [1.29, 1.82) is 0 Å². The summed E-state index contributed by atoms with van der Waals surface area (Å²) in [6, 6.07) is 6.39. The number of benzene rings is 1. The van der Waals surface area contributed by atoms with Crippen LogP contribution in [0.1, 0.15) is 64.0 Å². The van der Waals surface area contributed by atoms with E-state index in [9.17, 15) is 5.11 Å². The van der Waals surface area contributed by atoms with E-state index in [-0.39, 0.29) is 11.8 Å². The highest BCUT2D eigenvalue weighted by Crippen LogP contribution is 2.30. The lowest BCUT2D eigenvalue weighted by Crippen LogP contribution is -2.35. The van der Waals surface area contributed by atoms with Crippen molar-refractivity contribution in [2.45, 2.75) is 64.5 Å². The molecule has 0 aliphatic heterocycles. The van der Waals surface area contributed by atoms with Crippen molar-refractivity contribution in [3.05, 3.63) is 23.8 Å². The second kappa shape index (κ2) is 7.69. The molecule has 1 aromatic rings. The van der Waals surface area contributed by atoms with Crippen molar-refractivity contribution >= 4 is 0 Å². The summed E-state index contributed by atoms with van der Waals surface area (Å²) in [5.74, 6) is 1.53. The monoisotopic (exact) mass is 291 g/mol. The summed E-state index contributed by atoms with van der Waals surface area (Å²) in [7, 11) is 1.59. The number of rotatable bonds is 5. The molecule has 21 heavy (non-hydrogen) atoms. The van der Waals surface area contributed by atoms with Gasteiger partial charge >= 0.3 is 0 Å². The fourth-order valence-corrected chi connectivity index (χ4v) is 3.40. The van der Waals surface area contributed by atoms with Gasteiger partial charge in [-0.05, 0) is 50.3 Å². The Morgan fingerprint density at radius 2 is 1.81 bits per heavy atom. The predicted octanol–water partition coefficient (Wildman–Crippen LogP) is 4.41. The van der Waals surface area contributed by atoms with Crippen LogP contribution in [0.3, 0.4) is 0 Å². The standard InChI is InChI=1S/C18H29NO2/c1-13(15-8-6-4-5-7-9-15)19-14(2)16-10-11-17(20)18(12-16)21-3/h10-15,19-20H,4-9H2,1-3H3/t13-,14?/m0/s1. The van der Waals surface area contributed by atoms with E-state index in [1.54, 1.807) is 13.2 Å². The molecule has 1 aliphatic rings. The number of methoxy groups -OCH3 is 1. The molecule has 0 spiro atoms. The first-order valence-corrected chi connectivity index (χ1v) is 8.24. The molecule has 3 heteroatoms. The molecule has 1 saturated carbocycles. The Kier molecular flexibility index (Phi) is 5.92. The molecule has 0 heterocycles. The number of aromatic hydroxyl groups is 1. The van der Waals surface area contributed by atoms with Crippen molar-refractivity contribution in [3.63, 3.8) is 0 Å². The first-order valence-electron chi connectivity index (χ1n) is 8.24. The molecule has 2 rings (SSSR count). The zero-order chi connectivity index (χ0) is 15.2. The lowest BCUT2D eigenvalue weighted by atomic mass is 9.92. The molecule has 1 unspecified atom stereocenters. The molecule has 0 radical (unpaired) electrons. The van der Waals surface area contributed by atoms with Crippen LogP contribution < -0.4 is 10.1 Å². The Morgan fingerprint density at radius 3 is 2.43 bits per heavy atom. The van der Waals surface area contributed by atoms with Crippen molar-refractivity contribution in [3.8, 4) is 11.5 Å². The number of ether oxygens (including phenoxy) is 1. The highest BCUT2D eigenvalue weighted by molar-refractivity contribution is 5.42. The smallest absolute Gasteiger partial charge is 0.160 e. The van der Waals surface area contributed by atoms with E-state index in [0.29, 0.717) is 11.8 Å². The second-order valence-electron chi connectivity index (χ2n) is 6.36. The topological polar surface area (TPSA) is 41.5 Å². The number of hydrogen-bond donors (Lipinski definition) is 2. The lowest BCUT2D eigenvalue weighted by molar-refractivity contribution is 0.315. The lowest BCUT2D eigenvalue weighted by Gasteiger charge is -2.27. The van der Waals surface area contributed by atoms with Gasteiger partial charge in [0.25, 0.3) is 0 Å². The molecule has 3 nitrogen and oxygen atoms in total. The Labute approximate surface area is 128 Å². The first kappa shape index (κ1) is 16.2. The highest BCUT2D eigenvalue weighted by atomic mass is 16.5. The van der Waals surface area contributed by atoms with E-state index < -0.39 is 0 Å². The fraction of sp³-hybridized carbons (Fsp3) is 0.667. The van der Waals surface area contributed by atoms with Gasteiger partial charge in [-0.1, -0.05) is 31.7 Å². The Hall–Kier alpha value is -1.22. The van der Waals surface area contributed by atoms with Crippen molar-refractivity contribution < 1.29 is 9.84 Å². The molecule has 1 aliphatic carbocycles. The third-order valence-corrected chi connectivity index (χ3v) is 4.82. The van der Waals surface area contributed by atoms with Gasteiger partial charge < -0.3 is 15.2 Å². The van der Waals surface area contributed by atoms with Gasteiger partial charge in [0, 0.05) is 12.1 Å². The number of phenols is 1. The number of phenolic OH excluding ortho intramolecular Hbond substituents is 1. The Morgan fingerprint density at radius 1 is 1.14 bits per heavy atom. The minimum absolute atomic E-state index is 0.199. The quantitative estimate of drug-likeness (QED) is 0.790. The van der Waals surface area contributed by atoms with Crippen LogP contribution in [0.5, 0.6) is 11.5 Å². The van der Waals surface area contributed by atoms with Gasteiger partial charge in [0.15, 0.2) is 11.5 Å². The third kappa shape index (κ3) is 4.37. The van der Waals surface area contributed by atoms with Crippen LogP contribution in [0, 0.1) is 5.92 Å². The zero-order valence-corrected chi connectivity index (χ0v) is 13.6. The Balaban J connectivity index is 1.97. The second-order valence-corrected chi connectivity index (χ2v) is 6.36. The largest absolute Gasteiger partial charge is 0.504 e. The molecule has 0 amide bonds. The van der Waals surface area contributed by atoms with E-state index in [4.69, 9.17) is 4.74 Å². The molecule has 1 fully saturated rings. The molecule has 0 saturated heterocycles. The number of hydrogen-bond acceptors (Lipinski definition) is 3. The van der Waals surface area contributed by atoms with E-state index in [0.717, 1.165) is 11.5 Å². The molecule has 0 bridgehead atoms. The number of nitrogens with one attached hydrogen (secondary N) is 1. The fourth-order valence-electron chi connectivity index (χ4n) is 3.40. The van der Waals surface area contributed by atoms with E-state index in [2.05, 4.69) is 19.2 Å². The summed E-state index contributed by atoms with van der Waals surface area (Å²) in [5.41, 5.74) is 1.16. The van der Waals surface area contributed by atoms with Gasteiger partial charge in [-0.25, -0.2) is 0 Å². The third-order valence-electron chi connectivity index (χ3n) is 4.82. The van der Waals surface area contributed by atoms with Crippen LogP contribution in [0.4, 0.5) is 0 Å². The summed E-state index contributed by atoms with van der Waals surface area (Å²) in [4.78, 5) is 0. The molecule has 118 valence electrons. The van der Waals surface area contributed by atoms with Gasteiger partial charge in [0.1, 0.15) is 0 Å². The minimum atomic E-state index is 0.199. The van der Waals surface area contributed by atoms with E-state index in [1.165, 1.54) is 38.5 Å². The van der Waals surface area contributed by atoms with Crippen LogP contribution >= 0.6 is 0 Å². The molecule has 0 aromatic heterocycles. The van der Waals surface area contributed by atoms with Crippen LogP contribution in [0.2, 0.25) is 0 Å². The van der Waals surface area contributed by atoms with Gasteiger partial charge in [-0.2, -0.15) is 0 Å². The zero-order valence-electron chi connectivity index (χ0n) is 13.6. The SMILES string of the molecule is COc1cc(C(C)N[C@@H](C)C2CCCCCC2)ccc1O. The minimum Gasteiger partial charge on any atom is -0.504 e. The van der Waals surface area contributed by atoms with Crippen molar-refractivity contribution in [2.75, 3.05) is 7.11 Å². The maximum absolute atomic E-state index is 9.69. The van der Waals surface area contributed by atoms with Crippen LogP contribution in [0.25, 0.3) is 0 Å². The summed E-state index contributed by atoms with van der Waals surface area (Å²) >= 11 is 0. The van der Waals surface area contributed by atoms with Gasteiger partial charge in [-0.15, -0.1) is 0 Å². The van der Waals surface area contributed by atoms with E-state index >= 15 is 0 Å². The molecular formula is C18H29NO2. The van der Waals surface area contributed by atoms with Crippen LogP contribution in [0.15, 0.2) is 18.2 Å². The molecule has 1 aromatic carbocycles. The maximum Gasteiger partial charge on any atom is 0.160 e. The molecular weight excluding hydrogens is 262 g/mol. The van der Waals surface area contributed by atoms with Gasteiger partial charge in [0.05, 0.1) is 7.11 Å². The summed E-state index contributed by atoms with van der Waals surface area (Å²) in [6.07, 6.45) is 8.23. The van der Waals surface area contributed by atoms with Crippen molar-refractivity contribution in [2.24, 2.45) is 5.92 Å². The van der Waals surface area contributed by atoms with Crippen molar-refractivity contribution in [1.82, 2.24) is 5.32 Å². The average molecular weight is 291 g/mol. The summed E-state index contributed by atoms with van der Waals surface area (Å²) < 4.78 is 5.20. The summed E-state index contributed by atoms with van der Waals surface area (Å²) in [6.45, 7) is 4.49. The normalized spacial score (nSPS) is 19.8. The van der Waals surface area contributed by atoms with Gasteiger partial charge in [-0.3, -0.25) is 0 Å². The van der Waals surface area contributed by atoms with E-state index in [1.807, 2.05) is 12.1 Å². The predicted molar refractivity (Wildman–Crippen MR) is 86.9 cm³/mol. The maximum atomic E-state index is 9.69. The highest BCUT2D eigenvalue weighted by Gasteiger charge is 2.21. The van der Waals surface area contributed by atoms with Crippen LogP contribution in [-0.2, 0) is 0 Å². The first-order chi connectivity index (χ1) is 10.1. The summed E-state index contributed by atoms with van der Waals surface area (Å²) in [5, 5.41) is 13.4. The van der Waals surface area contributed by atoms with Gasteiger partial charge in [0.2, 0.25) is 0 Å². The Bertz CT molecular complexity index is 439. The van der Waals surface area contributed by atoms with Crippen LogP contribution in [-0.4, -0.2) is 18.3 Å². The average Bonchev–Trinajstić information content (AvgIpc) is 2.76. The molecule has 2 N–H and O–H groups in total.